The third-order valence-corrected chi connectivity index (χ3v) is 3.27. The van der Waals surface area contributed by atoms with Crippen molar-refractivity contribution in [2.45, 2.75) is 25.4 Å². The van der Waals surface area contributed by atoms with Crippen LogP contribution in [0.5, 0.6) is 0 Å². The molecule has 0 aliphatic rings. The number of aromatic nitrogens is 2. The van der Waals surface area contributed by atoms with Gasteiger partial charge >= 0.3 is 0 Å². The third-order valence-electron chi connectivity index (χ3n) is 3.27. The number of benzene rings is 1. The van der Waals surface area contributed by atoms with Gasteiger partial charge in [-0.05, 0) is 43.5 Å². The first-order valence-electron chi connectivity index (χ1n) is 6.04. The first-order chi connectivity index (χ1) is 8.88. The highest BCUT2D eigenvalue weighted by molar-refractivity contribution is 5.24. The summed E-state index contributed by atoms with van der Waals surface area (Å²) in [5.41, 5.74) is -0.0861. The minimum atomic E-state index is -1.28. The average molecular weight is 266 g/mol. The Morgan fingerprint density at radius 2 is 1.89 bits per heavy atom. The first kappa shape index (κ1) is 13.7. The van der Waals surface area contributed by atoms with Gasteiger partial charge in [-0.1, -0.05) is 0 Å². The summed E-state index contributed by atoms with van der Waals surface area (Å²) in [6, 6.07) is 4.96. The summed E-state index contributed by atoms with van der Waals surface area (Å²) in [6.07, 6.45) is 2.60. The van der Waals surface area contributed by atoms with Gasteiger partial charge in [0.1, 0.15) is 11.6 Å². The lowest BCUT2D eigenvalue weighted by Crippen LogP contribution is -2.23. The van der Waals surface area contributed by atoms with E-state index in [1.807, 2.05) is 13.1 Å². The summed E-state index contributed by atoms with van der Waals surface area (Å²) in [5.74, 6) is -1.37. The second-order valence-corrected chi connectivity index (χ2v) is 4.88. The van der Waals surface area contributed by atoms with Crippen LogP contribution >= 0.6 is 0 Å². The third kappa shape index (κ3) is 3.17. The fourth-order valence-electron chi connectivity index (χ4n) is 2.03. The maximum absolute atomic E-state index is 13.2. The van der Waals surface area contributed by atoms with E-state index in [4.69, 9.17) is 0 Å². The molecule has 5 heteroatoms. The summed E-state index contributed by atoms with van der Waals surface area (Å²) in [5, 5.41) is 14.4. The minimum absolute atomic E-state index is 0.243. The highest BCUT2D eigenvalue weighted by atomic mass is 19.1. The Morgan fingerprint density at radius 1 is 1.26 bits per heavy atom. The summed E-state index contributed by atoms with van der Waals surface area (Å²) in [4.78, 5) is 0. The van der Waals surface area contributed by atoms with Crippen LogP contribution < -0.4 is 0 Å². The second-order valence-electron chi connectivity index (χ2n) is 4.88. The van der Waals surface area contributed by atoms with Crippen molar-refractivity contribution >= 4 is 0 Å². The molecule has 0 saturated heterocycles. The quantitative estimate of drug-likeness (QED) is 0.923. The van der Waals surface area contributed by atoms with Crippen LogP contribution in [0.1, 0.15) is 24.6 Å². The van der Waals surface area contributed by atoms with E-state index >= 15 is 0 Å². The molecule has 1 N–H and O–H groups in total. The summed E-state index contributed by atoms with van der Waals surface area (Å²) in [7, 11) is 1.81. The Hall–Kier alpha value is -1.75. The van der Waals surface area contributed by atoms with Crippen LogP contribution in [0.2, 0.25) is 0 Å². The summed E-state index contributed by atoms with van der Waals surface area (Å²) in [6.45, 7) is 1.55. The van der Waals surface area contributed by atoms with Crippen LogP contribution in [-0.4, -0.2) is 14.9 Å². The highest BCUT2D eigenvalue weighted by Crippen LogP contribution is 2.27. The number of rotatable bonds is 4. The van der Waals surface area contributed by atoms with Gasteiger partial charge in [0.2, 0.25) is 0 Å². The molecule has 0 aliphatic carbocycles. The normalized spacial score (nSPS) is 14.4. The Kier molecular flexibility index (Phi) is 3.66. The SMILES string of the molecule is Cn1nccc1CCC(C)(O)c1cc(F)cc(F)c1. The predicted molar refractivity (Wildman–Crippen MR) is 67.5 cm³/mol. The largest absolute Gasteiger partial charge is 0.385 e. The number of hydrogen-bond donors (Lipinski definition) is 1. The molecule has 1 aromatic carbocycles. The molecule has 1 aromatic heterocycles. The van der Waals surface area contributed by atoms with Gasteiger partial charge in [-0.3, -0.25) is 4.68 Å². The Labute approximate surface area is 110 Å². The van der Waals surface area contributed by atoms with Gasteiger partial charge < -0.3 is 5.11 Å². The van der Waals surface area contributed by atoms with Crippen molar-refractivity contribution in [2.75, 3.05) is 0 Å². The zero-order valence-corrected chi connectivity index (χ0v) is 10.9. The van der Waals surface area contributed by atoms with Gasteiger partial charge in [0.25, 0.3) is 0 Å². The number of hydrogen-bond acceptors (Lipinski definition) is 2. The molecule has 1 unspecified atom stereocenters. The number of nitrogens with zero attached hydrogens (tertiary/aromatic N) is 2. The second kappa shape index (κ2) is 5.09. The molecule has 0 radical (unpaired) electrons. The van der Waals surface area contributed by atoms with Crippen LogP contribution in [0.3, 0.4) is 0 Å². The topological polar surface area (TPSA) is 38.0 Å². The molecule has 2 aromatic rings. The molecule has 0 aliphatic heterocycles. The monoisotopic (exact) mass is 266 g/mol. The highest BCUT2D eigenvalue weighted by Gasteiger charge is 2.24. The summed E-state index contributed by atoms with van der Waals surface area (Å²) >= 11 is 0. The van der Waals surface area contributed by atoms with Crippen LogP contribution in [0.15, 0.2) is 30.5 Å². The first-order valence-corrected chi connectivity index (χ1v) is 6.04. The predicted octanol–water partition coefficient (Wildman–Crippen LogP) is 2.54. The smallest absolute Gasteiger partial charge is 0.126 e. The fourth-order valence-corrected chi connectivity index (χ4v) is 2.03. The van der Waals surface area contributed by atoms with Crippen molar-refractivity contribution < 1.29 is 13.9 Å². The van der Waals surface area contributed by atoms with Gasteiger partial charge in [-0.25, -0.2) is 8.78 Å². The fraction of sp³-hybridized carbons (Fsp3) is 0.357. The Bertz CT molecular complexity index is 558. The molecule has 1 atom stereocenters. The summed E-state index contributed by atoms with van der Waals surface area (Å²) < 4.78 is 28.1. The molecule has 0 bridgehead atoms. The van der Waals surface area contributed by atoms with Crippen LogP contribution in [0, 0.1) is 11.6 Å². The van der Waals surface area contributed by atoms with Crippen molar-refractivity contribution in [3.63, 3.8) is 0 Å². The molecule has 102 valence electrons. The zero-order valence-electron chi connectivity index (χ0n) is 10.9. The zero-order chi connectivity index (χ0) is 14.0. The molecule has 0 fully saturated rings. The lowest BCUT2D eigenvalue weighted by molar-refractivity contribution is 0.0469. The van der Waals surface area contributed by atoms with Gasteiger partial charge in [0.05, 0.1) is 5.60 Å². The number of aliphatic hydroxyl groups is 1. The molecular formula is C14H16F2N2O. The van der Waals surface area contributed by atoms with Crippen LogP contribution in [0.25, 0.3) is 0 Å². The van der Waals surface area contributed by atoms with Crippen molar-refractivity contribution in [1.82, 2.24) is 9.78 Å². The van der Waals surface area contributed by atoms with Gasteiger partial charge in [-0.2, -0.15) is 5.10 Å². The van der Waals surface area contributed by atoms with Gasteiger partial charge in [0.15, 0.2) is 0 Å². The van der Waals surface area contributed by atoms with E-state index in [2.05, 4.69) is 5.10 Å². The van der Waals surface area contributed by atoms with Crippen molar-refractivity contribution in [3.8, 4) is 0 Å². The number of halogens is 2. The maximum Gasteiger partial charge on any atom is 0.126 e. The molecule has 2 rings (SSSR count). The van der Waals surface area contributed by atoms with Crippen molar-refractivity contribution in [3.05, 3.63) is 53.4 Å². The minimum Gasteiger partial charge on any atom is -0.385 e. The van der Waals surface area contributed by atoms with E-state index in [-0.39, 0.29) is 5.56 Å². The van der Waals surface area contributed by atoms with E-state index < -0.39 is 17.2 Å². The van der Waals surface area contributed by atoms with Gasteiger partial charge in [-0.15, -0.1) is 0 Å². The number of aryl methyl sites for hydroxylation is 2. The molecule has 19 heavy (non-hydrogen) atoms. The standard InChI is InChI=1S/C14H16F2N2O/c1-14(19,5-3-13-4-6-17-18(13)2)10-7-11(15)9-12(16)8-10/h4,6-9,19H,3,5H2,1-2H3. The molecule has 0 amide bonds. The Morgan fingerprint density at radius 3 is 2.42 bits per heavy atom. The van der Waals surface area contributed by atoms with E-state index in [0.717, 1.165) is 23.9 Å². The van der Waals surface area contributed by atoms with E-state index in [1.165, 1.54) is 0 Å². The molecular weight excluding hydrogens is 250 g/mol. The molecule has 1 heterocycles. The van der Waals surface area contributed by atoms with Crippen molar-refractivity contribution in [2.24, 2.45) is 7.05 Å². The maximum atomic E-state index is 13.2. The van der Waals surface area contributed by atoms with Crippen LogP contribution in [0.4, 0.5) is 8.78 Å². The molecule has 3 nitrogen and oxygen atoms in total. The molecule has 0 spiro atoms. The van der Waals surface area contributed by atoms with E-state index in [9.17, 15) is 13.9 Å². The molecule has 0 saturated carbocycles. The van der Waals surface area contributed by atoms with Crippen molar-refractivity contribution in [1.29, 1.82) is 0 Å². The lowest BCUT2D eigenvalue weighted by Gasteiger charge is -2.24. The average Bonchev–Trinajstić information content (AvgIpc) is 2.71. The lowest BCUT2D eigenvalue weighted by atomic mass is 9.90. The van der Waals surface area contributed by atoms with Crippen LogP contribution in [-0.2, 0) is 19.1 Å². The van der Waals surface area contributed by atoms with Gasteiger partial charge in [0, 0.05) is 25.0 Å². The Balaban J connectivity index is 2.15. The van der Waals surface area contributed by atoms with E-state index in [1.54, 1.807) is 17.8 Å². The van der Waals surface area contributed by atoms with E-state index in [0.29, 0.717) is 12.8 Å².